The highest BCUT2D eigenvalue weighted by Crippen LogP contribution is 2.39. The second-order valence-electron chi connectivity index (χ2n) is 5.77. The summed E-state index contributed by atoms with van der Waals surface area (Å²) in [5, 5.41) is 10.3. The lowest BCUT2D eigenvalue weighted by Crippen LogP contribution is -1.99. The first-order valence-corrected chi connectivity index (χ1v) is 9.53. The van der Waals surface area contributed by atoms with Crippen molar-refractivity contribution in [3.8, 4) is 11.8 Å². The third kappa shape index (κ3) is 2.88. The first-order chi connectivity index (χ1) is 12.2. The van der Waals surface area contributed by atoms with Crippen LogP contribution in [0.4, 0.5) is 5.00 Å². The van der Waals surface area contributed by atoms with Gasteiger partial charge in [0.1, 0.15) is 11.1 Å². The van der Waals surface area contributed by atoms with Gasteiger partial charge in [0.25, 0.3) is 0 Å². The number of ether oxygens (including phenoxy) is 1. The maximum atomic E-state index is 11.5. The van der Waals surface area contributed by atoms with Gasteiger partial charge in [-0.1, -0.05) is 11.3 Å². The number of fused-ring (bicyclic) bond motifs is 2. The Labute approximate surface area is 151 Å². The highest BCUT2D eigenvalue weighted by Gasteiger charge is 2.20. The van der Waals surface area contributed by atoms with Gasteiger partial charge in [0.05, 0.1) is 17.4 Å². The van der Waals surface area contributed by atoms with Crippen LogP contribution in [0.1, 0.15) is 34.4 Å². The fourth-order valence-electron chi connectivity index (χ4n) is 3.08. The predicted octanol–water partition coefficient (Wildman–Crippen LogP) is 4.43. The molecular formula is C18H14N2O3S2. The molecule has 0 spiro atoms. The van der Waals surface area contributed by atoms with Crippen molar-refractivity contribution in [3.63, 3.8) is 0 Å². The summed E-state index contributed by atoms with van der Waals surface area (Å²) in [4.78, 5) is 17.0. The molecule has 0 saturated carbocycles. The molecule has 126 valence electrons. The Morgan fingerprint density at radius 1 is 1.32 bits per heavy atom. The summed E-state index contributed by atoms with van der Waals surface area (Å²) in [5.74, 6) is 0.503. The molecule has 0 bridgehead atoms. The summed E-state index contributed by atoms with van der Waals surface area (Å²) < 4.78 is 11.2. The minimum absolute atomic E-state index is 0.361. The molecule has 1 aliphatic carbocycles. The van der Waals surface area contributed by atoms with E-state index in [9.17, 15) is 10.1 Å². The quantitative estimate of drug-likeness (QED) is 0.639. The minimum atomic E-state index is -0.361. The van der Waals surface area contributed by atoms with Gasteiger partial charge in [0.15, 0.2) is 11.3 Å². The summed E-state index contributed by atoms with van der Waals surface area (Å²) >= 11 is 2.64. The van der Waals surface area contributed by atoms with Gasteiger partial charge in [0, 0.05) is 11.1 Å². The molecule has 1 aliphatic rings. The Kier molecular flexibility index (Phi) is 4.15. The van der Waals surface area contributed by atoms with Crippen LogP contribution < -0.4 is 9.68 Å². The van der Waals surface area contributed by atoms with Gasteiger partial charge in [-0.3, -0.25) is 0 Å². The van der Waals surface area contributed by atoms with Gasteiger partial charge in [-0.25, -0.2) is 9.79 Å². The van der Waals surface area contributed by atoms with E-state index in [0.29, 0.717) is 16.9 Å². The van der Waals surface area contributed by atoms with Crippen LogP contribution in [0.25, 0.3) is 10.3 Å². The van der Waals surface area contributed by atoms with E-state index < -0.39 is 0 Å². The zero-order valence-electron chi connectivity index (χ0n) is 13.5. The van der Waals surface area contributed by atoms with Gasteiger partial charge in [0.2, 0.25) is 0 Å². The summed E-state index contributed by atoms with van der Waals surface area (Å²) in [6, 6.07) is 5.94. The van der Waals surface area contributed by atoms with E-state index in [1.165, 1.54) is 24.0 Å². The molecule has 0 atom stereocenters. The Hall–Kier alpha value is -2.43. The van der Waals surface area contributed by atoms with E-state index in [1.54, 1.807) is 23.6 Å². The van der Waals surface area contributed by atoms with E-state index in [0.717, 1.165) is 45.9 Å². The van der Waals surface area contributed by atoms with Crippen molar-refractivity contribution in [3.05, 3.63) is 43.4 Å². The average molecular weight is 370 g/mol. The Morgan fingerprint density at radius 3 is 2.96 bits per heavy atom. The number of benzene rings is 1. The van der Waals surface area contributed by atoms with Crippen LogP contribution in [0.3, 0.4) is 0 Å². The highest BCUT2D eigenvalue weighted by molar-refractivity contribution is 7.16. The zero-order chi connectivity index (χ0) is 17.4. The van der Waals surface area contributed by atoms with Crippen molar-refractivity contribution >= 4 is 44.2 Å². The van der Waals surface area contributed by atoms with Crippen LogP contribution in [-0.2, 0) is 12.8 Å². The molecule has 0 fully saturated rings. The number of thiophene rings is 1. The molecule has 0 amide bonds. The van der Waals surface area contributed by atoms with E-state index in [2.05, 4.69) is 11.1 Å². The third-order valence-corrected chi connectivity index (χ3v) is 6.21. The maximum absolute atomic E-state index is 11.5. The topological polar surface area (TPSA) is 75.6 Å². The van der Waals surface area contributed by atoms with Crippen LogP contribution in [0, 0.1) is 11.3 Å². The molecule has 4 rings (SSSR count). The van der Waals surface area contributed by atoms with Gasteiger partial charge in [-0.05, 0) is 48.9 Å². The number of nitrogens with zero attached hydrogens (tertiary/aromatic N) is 2. The van der Waals surface area contributed by atoms with E-state index in [1.807, 2.05) is 6.07 Å². The molecule has 0 saturated heterocycles. The number of nitriles is 1. The lowest BCUT2D eigenvalue weighted by molar-refractivity contribution is 0.408. The Morgan fingerprint density at radius 2 is 2.16 bits per heavy atom. The first-order valence-electron chi connectivity index (χ1n) is 7.90. The van der Waals surface area contributed by atoms with Gasteiger partial charge < -0.3 is 9.15 Å². The summed E-state index contributed by atoms with van der Waals surface area (Å²) in [7, 11) is 1.54. The van der Waals surface area contributed by atoms with Crippen LogP contribution >= 0.6 is 22.7 Å². The second-order valence-corrected chi connectivity index (χ2v) is 7.83. The molecule has 1 aromatic carbocycles. The molecule has 7 heteroatoms. The minimum Gasteiger partial charge on any atom is -0.493 e. The maximum Gasteiger partial charge on any atom is 0.396 e. The standard InChI is InChI=1S/C18H14N2O3S2/c1-22-13-6-10(7-15-16(13)23-18(21)25-15)9-20-17-12(8-19)11-4-2-3-5-14(11)24-17/h6-7,9H,2-5H2,1H3/b20-9+. The Bertz CT molecular complexity index is 1080. The van der Waals surface area contributed by atoms with Crippen molar-refractivity contribution in [1.29, 1.82) is 5.26 Å². The Balaban J connectivity index is 1.75. The molecule has 3 aromatic rings. The normalized spacial score (nSPS) is 13.9. The van der Waals surface area contributed by atoms with Crippen LogP contribution in [-0.4, -0.2) is 13.3 Å². The summed E-state index contributed by atoms with van der Waals surface area (Å²) in [6.45, 7) is 0. The van der Waals surface area contributed by atoms with Crippen LogP contribution in [0.2, 0.25) is 0 Å². The van der Waals surface area contributed by atoms with Crippen molar-refractivity contribution < 1.29 is 9.15 Å². The van der Waals surface area contributed by atoms with Crippen LogP contribution in [0.5, 0.6) is 5.75 Å². The van der Waals surface area contributed by atoms with Crippen molar-refractivity contribution in [2.24, 2.45) is 4.99 Å². The number of hydrogen-bond acceptors (Lipinski definition) is 7. The number of methoxy groups -OCH3 is 1. The number of hydrogen-bond donors (Lipinski definition) is 0. The second kappa shape index (κ2) is 6.47. The fraction of sp³-hybridized carbons (Fsp3) is 0.278. The molecule has 0 radical (unpaired) electrons. The first kappa shape index (κ1) is 16.1. The molecule has 25 heavy (non-hydrogen) atoms. The van der Waals surface area contributed by atoms with Crippen LogP contribution in [0.15, 0.2) is 26.3 Å². The van der Waals surface area contributed by atoms with Crippen molar-refractivity contribution in [1.82, 2.24) is 0 Å². The highest BCUT2D eigenvalue weighted by atomic mass is 32.1. The summed E-state index contributed by atoms with van der Waals surface area (Å²) in [5.41, 5.74) is 3.14. The number of rotatable bonds is 3. The van der Waals surface area contributed by atoms with E-state index >= 15 is 0 Å². The third-order valence-electron chi connectivity index (χ3n) is 4.24. The lowest BCUT2D eigenvalue weighted by Gasteiger charge is -2.09. The van der Waals surface area contributed by atoms with Crippen molar-refractivity contribution in [2.75, 3.05) is 7.11 Å². The van der Waals surface area contributed by atoms with Gasteiger partial charge in [-0.15, -0.1) is 11.3 Å². The summed E-state index contributed by atoms with van der Waals surface area (Å²) in [6.07, 6.45) is 6.02. The molecule has 0 aliphatic heterocycles. The molecule has 0 N–H and O–H groups in total. The lowest BCUT2D eigenvalue weighted by atomic mass is 9.96. The molecule has 2 aromatic heterocycles. The molecular weight excluding hydrogens is 356 g/mol. The average Bonchev–Trinajstić information content (AvgIpc) is 3.17. The van der Waals surface area contributed by atoms with Gasteiger partial charge >= 0.3 is 4.94 Å². The van der Waals surface area contributed by atoms with Gasteiger partial charge in [-0.2, -0.15) is 5.26 Å². The largest absolute Gasteiger partial charge is 0.493 e. The van der Waals surface area contributed by atoms with E-state index in [4.69, 9.17) is 9.15 Å². The molecule has 2 heterocycles. The monoisotopic (exact) mass is 370 g/mol. The van der Waals surface area contributed by atoms with Crippen molar-refractivity contribution in [2.45, 2.75) is 25.7 Å². The smallest absolute Gasteiger partial charge is 0.396 e. The fourth-order valence-corrected chi connectivity index (χ4v) is 5.00. The molecule has 0 unspecified atom stereocenters. The predicted molar refractivity (Wildman–Crippen MR) is 99.8 cm³/mol. The zero-order valence-corrected chi connectivity index (χ0v) is 15.1. The number of aliphatic imine (C=N–C) groups is 1. The van der Waals surface area contributed by atoms with E-state index in [-0.39, 0.29) is 4.94 Å². The SMILES string of the molecule is COc1cc(/C=N/c2sc3c(c2C#N)CCCC3)cc2sc(=O)oc12. The number of aryl methyl sites for hydroxylation is 1. The molecule has 5 nitrogen and oxygen atoms in total.